The Labute approximate surface area is 58.9 Å². The topological polar surface area (TPSA) is 49.7 Å². The van der Waals surface area contributed by atoms with Crippen LogP contribution in [0.3, 0.4) is 0 Å². The molecule has 4 heteroatoms. The zero-order valence-electron chi connectivity index (χ0n) is 5.70. The van der Waals surface area contributed by atoms with E-state index in [2.05, 4.69) is 11.6 Å². The van der Waals surface area contributed by atoms with Gasteiger partial charge in [0.05, 0.1) is 0 Å². The van der Waals surface area contributed by atoms with Gasteiger partial charge in [0, 0.05) is 7.05 Å². The summed E-state index contributed by atoms with van der Waals surface area (Å²) in [5, 5.41) is 0. The van der Waals surface area contributed by atoms with Crippen molar-refractivity contribution in [2.75, 3.05) is 13.7 Å². The highest BCUT2D eigenvalue weighted by atomic mass is 16.2. The largest absolute Gasteiger partial charge is 0.322 e. The van der Waals surface area contributed by atoms with Gasteiger partial charge in [0.25, 0.3) is 0 Å². The second-order valence-corrected chi connectivity index (χ2v) is 1.63. The summed E-state index contributed by atoms with van der Waals surface area (Å²) in [6, 6.07) is 0. The minimum absolute atomic E-state index is 0.0361. The SMILES string of the molecule is C=CC(=O)N(C)CN=C=O. The fourth-order valence-electron chi connectivity index (χ4n) is 0.360. The van der Waals surface area contributed by atoms with E-state index in [4.69, 9.17) is 0 Å². The van der Waals surface area contributed by atoms with Gasteiger partial charge < -0.3 is 4.90 Å². The van der Waals surface area contributed by atoms with Crippen LogP contribution in [0.1, 0.15) is 0 Å². The van der Waals surface area contributed by atoms with Gasteiger partial charge in [-0.2, -0.15) is 4.99 Å². The second-order valence-electron chi connectivity index (χ2n) is 1.63. The molecule has 0 aromatic rings. The van der Waals surface area contributed by atoms with Crippen molar-refractivity contribution in [3.8, 4) is 0 Å². The predicted octanol–water partition coefficient (Wildman–Crippen LogP) is -0.0759. The molecule has 4 nitrogen and oxygen atoms in total. The maximum Gasteiger partial charge on any atom is 0.247 e. The van der Waals surface area contributed by atoms with Crippen LogP contribution in [-0.4, -0.2) is 30.6 Å². The average molecular weight is 140 g/mol. The van der Waals surface area contributed by atoms with Gasteiger partial charge in [-0.05, 0) is 6.08 Å². The number of nitrogens with zero attached hydrogens (tertiary/aromatic N) is 2. The molecule has 0 N–H and O–H groups in total. The van der Waals surface area contributed by atoms with E-state index in [-0.39, 0.29) is 12.6 Å². The van der Waals surface area contributed by atoms with Crippen LogP contribution >= 0.6 is 0 Å². The molecule has 0 radical (unpaired) electrons. The number of carbonyl (C=O) groups excluding carboxylic acids is 2. The highest BCUT2D eigenvalue weighted by Gasteiger charge is 1.99. The molecule has 0 aromatic carbocycles. The number of hydrogen-bond acceptors (Lipinski definition) is 3. The third-order valence-corrected chi connectivity index (χ3v) is 0.898. The molecule has 1 amide bonds. The number of isocyanates is 1. The minimum atomic E-state index is -0.265. The summed E-state index contributed by atoms with van der Waals surface area (Å²) in [7, 11) is 1.52. The van der Waals surface area contributed by atoms with Crippen LogP contribution in [0.4, 0.5) is 0 Å². The van der Waals surface area contributed by atoms with Gasteiger partial charge >= 0.3 is 0 Å². The lowest BCUT2D eigenvalue weighted by Crippen LogP contribution is -2.24. The Balaban J connectivity index is 3.83. The number of carbonyl (C=O) groups is 1. The van der Waals surface area contributed by atoms with E-state index in [1.54, 1.807) is 0 Å². The van der Waals surface area contributed by atoms with Gasteiger partial charge in [-0.1, -0.05) is 6.58 Å². The number of hydrogen-bond donors (Lipinski definition) is 0. The first-order valence-electron chi connectivity index (χ1n) is 2.63. The average Bonchev–Trinajstić information content (AvgIpc) is 1.98. The summed E-state index contributed by atoms with van der Waals surface area (Å²) < 4.78 is 0. The van der Waals surface area contributed by atoms with Crippen LogP contribution in [0.15, 0.2) is 17.6 Å². The van der Waals surface area contributed by atoms with Crippen molar-refractivity contribution in [3.63, 3.8) is 0 Å². The van der Waals surface area contributed by atoms with E-state index in [0.29, 0.717) is 0 Å². The van der Waals surface area contributed by atoms with E-state index in [1.165, 1.54) is 18.0 Å². The van der Waals surface area contributed by atoms with Crippen molar-refractivity contribution in [1.82, 2.24) is 4.90 Å². The summed E-state index contributed by atoms with van der Waals surface area (Å²) in [4.78, 5) is 24.6. The van der Waals surface area contributed by atoms with Gasteiger partial charge in [-0.25, -0.2) is 4.79 Å². The van der Waals surface area contributed by atoms with Gasteiger partial charge in [0.2, 0.25) is 12.0 Å². The molecule has 0 unspecified atom stereocenters. The Morgan fingerprint density at radius 2 is 2.50 bits per heavy atom. The smallest absolute Gasteiger partial charge is 0.247 e. The van der Waals surface area contributed by atoms with Crippen molar-refractivity contribution in [1.29, 1.82) is 0 Å². The lowest BCUT2D eigenvalue weighted by Gasteiger charge is -2.08. The Kier molecular flexibility index (Phi) is 3.84. The summed E-state index contributed by atoms with van der Waals surface area (Å²) in [6.45, 7) is 3.29. The fraction of sp³-hybridized carbons (Fsp3) is 0.333. The summed E-state index contributed by atoms with van der Waals surface area (Å²) in [6.07, 6.45) is 2.48. The number of likely N-dealkylation sites (N-methyl/N-ethyl adjacent to an activating group) is 1. The molecule has 0 spiro atoms. The van der Waals surface area contributed by atoms with Gasteiger partial charge in [0.15, 0.2) is 0 Å². The van der Waals surface area contributed by atoms with Gasteiger partial charge in [-0.3, -0.25) is 4.79 Å². The first-order valence-corrected chi connectivity index (χ1v) is 2.63. The molecule has 0 aliphatic heterocycles. The van der Waals surface area contributed by atoms with Crippen molar-refractivity contribution in [3.05, 3.63) is 12.7 Å². The van der Waals surface area contributed by atoms with Crippen LogP contribution in [0.25, 0.3) is 0 Å². The van der Waals surface area contributed by atoms with Crippen LogP contribution in [-0.2, 0) is 9.59 Å². The molecule has 0 heterocycles. The Hall–Kier alpha value is -1.41. The molecule has 0 saturated carbocycles. The molecule has 0 saturated heterocycles. The first-order chi connectivity index (χ1) is 4.72. The Morgan fingerprint density at radius 3 is 2.90 bits per heavy atom. The van der Waals surface area contributed by atoms with Crippen LogP contribution in [0.5, 0.6) is 0 Å². The van der Waals surface area contributed by atoms with Crippen LogP contribution in [0.2, 0.25) is 0 Å². The van der Waals surface area contributed by atoms with E-state index in [9.17, 15) is 9.59 Å². The lowest BCUT2D eigenvalue weighted by atomic mass is 10.5. The van der Waals surface area contributed by atoms with Crippen molar-refractivity contribution in [2.45, 2.75) is 0 Å². The van der Waals surface area contributed by atoms with Crippen LogP contribution < -0.4 is 0 Å². The quantitative estimate of drug-likeness (QED) is 0.313. The highest BCUT2D eigenvalue weighted by Crippen LogP contribution is 1.83. The van der Waals surface area contributed by atoms with Crippen molar-refractivity contribution >= 4 is 12.0 Å². The standard InChI is InChI=1S/C6H8N2O2/c1-3-6(10)8(2)4-7-5-9/h3H,1,4H2,2H3. The molecule has 0 fully saturated rings. The van der Waals surface area contributed by atoms with Gasteiger partial charge in [0.1, 0.15) is 6.67 Å². The molecule has 0 aliphatic carbocycles. The molecule has 54 valence electrons. The highest BCUT2D eigenvalue weighted by molar-refractivity contribution is 5.86. The molecular weight excluding hydrogens is 132 g/mol. The maximum atomic E-state index is 10.6. The van der Waals surface area contributed by atoms with Crippen molar-refractivity contribution < 1.29 is 9.59 Å². The lowest BCUT2D eigenvalue weighted by molar-refractivity contribution is -0.124. The monoisotopic (exact) mass is 140 g/mol. The van der Waals surface area contributed by atoms with Crippen molar-refractivity contribution in [2.24, 2.45) is 4.99 Å². The number of aliphatic imine (C=N–C) groups is 1. The van der Waals surface area contributed by atoms with Gasteiger partial charge in [-0.15, -0.1) is 0 Å². The second kappa shape index (κ2) is 4.47. The molecular formula is C6H8N2O2. The molecule has 10 heavy (non-hydrogen) atoms. The number of amides is 1. The first kappa shape index (κ1) is 8.59. The Morgan fingerprint density at radius 1 is 1.90 bits per heavy atom. The zero-order chi connectivity index (χ0) is 7.98. The summed E-state index contributed by atoms with van der Waals surface area (Å²) in [5.41, 5.74) is 0. The molecule has 0 rings (SSSR count). The third-order valence-electron chi connectivity index (χ3n) is 0.898. The third kappa shape index (κ3) is 2.79. The summed E-state index contributed by atoms with van der Waals surface area (Å²) in [5.74, 6) is -0.265. The zero-order valence-corrected chi connectivity index (χ0v) is 5.70. The Bertz CT molecular complexity index is 182. The fourth-order valence-corrected chi connectivity index (χ4v) is 0.360. The van der Waals surface area contributed by atoms with Crippen LogP contribution in [0, 0.1) is 0 Å². The molecule has 0 bridgehead atoms. The molecule has 0 aliphatic rings. The molecule has 0 aromatic heterocycles. The number of rotatable bonds is 3. The minimum Gasteiger partial charge on any atom is -0.322 e. The summed E-state index contributed by atoms with van der Waals surface area (Å²) >= 11 is 0. The van der Waals surface area contributed by atoms with E-state index in [0.717, 1.165) is 6.08 Å². The van der Waals surface area contributed by atoms with E-state index in [1.807, 2.05) is 0 Å². The van der Waals surface area contributed by atoms with E-state index < -0.39 is 0 Å². The van der Waals surface area contributed by atoms with E-state index >= 15 is 0 Å². The normalized spacial score (nSPS) is 7.70. The maximum absolute atomic E-state index is 10.6. The molecule has 0 atom stereocenters. The predicted molar refractivity (Wildman–Crippen MR) is 36.0 cm³/mol.